The van der Waals surface area contributed by atoms with Gasteiger partial charge >= 0.3 is 5.97 Å². The molecular weight excluding hydrogens is 351 g/mol. The van der Waals surface area contributed by atoms with E-state index in [9.17, 15) is 18.8 Å². The van der Waals surface area contributed by atoms with E-state index in [1.165, 1.54) is 17.0 Å². The van der Waals surface area contributed by atoms with Gasteiger partial charge in [0, 0.05) is 18.5 Å². The van der Waals surface area contributed by atoms with Gasteiger partial charge in [-0.15, -0.1) is 0 Å². The molecule has 0 aliphatic carbocycles. The standard InChI is InChI=1S/C20H17FN2O4/c21-13-7-5-12(6-8-13)11-22-18(25)16-9-10-17(24)23(16)19-14-3-1-2-4-15(14)20(26)27-19/h1-8,16,19H,9-11H2,(H,22,25)/t16-,19-/m1/s1. The van der Waals surface area contributed by atoms with Crippen LogP contribution in [0.2, 0.25) is 0 Å². The van der Waals surface area contributed by atoms with E-state index in [-0.39, 0.29) is 30.6 Å². The molecule has 2 aliphatic rings. The Labute approximate surface area is 154 Å². The second-order valence-electron chi connectivity index (χ2n) is 6.54. The molecule has 27 heavy (non-hydrogen) atoms. The van der Waals surface area contributed by atoms with Crippen LogP contribution in [0.5, 0.6) is 0 Å². The van der Waals surface area contributed by atoms with Crippen LogP contribution in [0.15, 0.2) is 48.5 Å². The van der Waals surface area contributed by atoms with Gasteiger partial charge < -0.3 is 10.1 Å². The minimum atomic E-state index is -0.884. The molecule has 1 fully saturated rings. The normalized spacial score (nSPS) is 21.1. The van der Waals surface area contributed by atoms with Crippen LogP contribution in [0, 0.1) is 5.82 Å². The summed E-state index contributed by atoms with van der Waals surface area (Å²) in [4.78, 5) is 38.5. The quantitative estimate of drug-likeness (QED) is 0.841. The first-order valence-corrected chi connectivity index (χ1v) is 8.68. The van der Waals surface area contributed by atoms with Crippen molar-refractivity contribution in [1.29, 1.82) is 0 Å². The summed E-state index contributed by atoms with van der Waals surface area (Å²) < 4.78 is 18.4. The average molecular weight is 368 g/mol. The topological polar surface area (TPSA) is 75.7 Å². The average Bonchev–Trinajstić information content (AvgIpc) is 3.21. The molecule has 2 aromatic rings. The SMILES string of the molecule is O=C1O[C@@H](N2C(=O)CC[C@@H]2C(=O)NCc2ccc(F)cc2)c2ccccc21. The number of hydrogen-bond donors (Lipinski definition) is 1. The maximum Gasteiger partial charge on any atom is 0.340 e. The molecule has 1 N–H and O–H groups in total. The van der Waals surface area contributed by atoms with Gasteiger partial charge in [0.1, 0.15) is 11.9 Å². The number of carbonyl (C=O) groups excluding carboxylic acids is 3. The molecule has 0 spiro atoms. The highest BCUT2D eigenvalue weighted by molar-refractivity contribution is 5.96. The van der Waals surface area contributed by atoms with Crippen molar-refractivity contribution in [2.24, 2.45) is 0 Å². The lowest BCUT2D eigenvalue weighted by atomic mass is 10.1. The fraction of sp³-hybridized carbons (Fsp3) is 0.250. The number of rotatable bonds is 4. The van der Waals surface area contributed by atoms with Gasteiger partial charge in [-0.1, -0.05) is 30.3 Å². The predicted molar refractivity (Wildman–Crippen MR) is 92.7 cm³/mol. The number of amides is 2. The molecule has 2 heterocycles. The van der Waals surface area contributed by atoms with Crippen molar-refractivity contribution >= 4 is 17.8 Å². The summed E-state index contributed by atoms with van der Waals surface area (Å²) in [6.45, 7) is 0.221. The first-order valence-electron chi connectivity index (χ1n) is 8.68. The number of nitrogens with one attached hydrogen (secondary N) is 1. The van der Waals surface area contributed by atoms with E-state index < -0.39 is 18.2 Å². The lowest BCUT2D eigenvalue weighted by Gasteiger charge is -2.29. The fourth-order valence-electron chi connectivity index (χ4n) is 3.50. The van der Waals surface area contributed by atoms with Crippen molar-refractivity contribution in [3.63, 3.8) is 0 Å². The monoisotopic (exact) mass is 368 g/mol. The summed E-state index contributed by atoms with van der Waals surface area (Å²) in [7, 11) is 0. The Morgan fingerprint density at radius 1 is 1.15 bits per heavy atom. The Balaban J connectivity index is 1.51. The van der Waals surface area contributed by atoms with Crippen molar-refractivity contribution in [1.82, 2.24) is 10.2 Å². The lowest BCUT2D eigenvalue weighted by Crippen LogP contribution is -2.46. The molecule has 2 aliphatic heterocycles. The van der Waals surface area contributed by atoms with Crippen LogP contribution in [-0.4, -0.2) is 28.7 Å². The van der Waals surface area contributed by atoms with Crippen LogP contribution < -0.4 is 5.32 Å². The minimum absolute atomic E-state index is 0.213. The van der Waals surface area contributed by atoms with Crippen molar-refractivity contribution in [2.45, 2.75) is 31.7 Å². The van der Waals surface area contributed by atoms with Crippen LogP contribution in [-0.2, 0) is 20.9 Å². The number of esters is 1. The summed E-state index contributed by atoms with van der Waals surface area (Å²) in [6, 6.07) is 11.9. The van der Waals surface area contributed by atoms with Crippen LogP contribution in [0.1, 0.15) is 40.6 Å². The summed E-state index contributed by atoms with van der Waals surface area (Å²) in [5.74, 6) is -1.41. The van der Waals surface area contributed by atoms with Gasteiger partial charge in [-0.3, -0.25) is 14.5 Å². The van der Waals surface area contributed by atoms with E-state index in [1.54, 1.807) is 36.4 Å². The van der Waals surface area contributed by atoms with Crippen molar-refractivity contribution in [3.8, 4) is 0 Å². The molecule has 0 radical (unpaired) electrons. The number of benzene rings is 2. The molecule has 138 valence electrons. The molecule has 6 nitrogen and oxygen atoms in total. The zero-order valence-electron chi connectivity index (χ0n) is 14.4. The maximum atomic E-state index is 13.0. The van der Waals surface area contributed by atoms with E-state index >= 15 is 0 Å². The van der Waals surface area contributed by atoms with Crippen LogP contribution in [0.4, 0.5) is 4.39 Å². The van der Waals surface area contributed by atoms with Gasteiger partial charge in [0.2, 0.25) is 18.0 Å². The van der Waals surface area contributed by atoms with E-state index in [0.717, 1.165) is 5.56 Å². The van der Waals surface area contributed by atoms with Crippen molar-refractivity contribution in [2.75, 3.05) is 0 Å². The second-order valence-corrected chi connectivity index (χ2v) is 6.54. The van der Waals surface area contributed by atoms with E-state index in [4.69, 9.17) is 4.74 Å². The zero-order chi connectivity index (χ0) is 19.0. The molecule has 0 saturated carbocycles. The van der Waals surface area contributed by atoms with Gasteiger partial charge in [-0.05, 0) is 30.2 Å². The van der Waals surface area contributed by atoms with Gasteiger partial charge in [0.15, 0.2) is 0 Å². The molecule has 2 aromatic carbocycles. The van der Waals surface area contributed by atoms with Crippen LogP contribution in [0.25, 0.3) is 0 Å². The molecule has 2 atom stereocenters. The highest BCUT2D eigenvalue weighted by Gasteiger charge is 2.46. The number of halogens is 1. The smallest absolute Gasteiger partial charge is 0.340 e. The summed E-state index contributed by atoms with van der Waals surface area (Å²) in [5, 5.41) is 2.77. The third kappa shape index (κ3) is 3.16. The molecule has 0 unspecified atom stereocenters. The number of ether oxygens (including phenoxy) is 1. The summed E-state index contributed by atoms with van der Waals surface area (Å²) >= 11 is 0. The molecule has 0 aromatic heterocycles. The van der Waals surface area contributed by atoms with Crippen LogP contribution >= 0.6 is 0 Å². The third-order valence-corrected chi connectivity index (χ3v) is 4.86. The number of hydrogen-bond acceptors (Lipinski definition) is 4. The molecule has 4 rings (SSSR count). The lowest BCUT2D eigenvalue weighted by molar-refractivity contribution is -0.145. The van der Waals surface area contributed by atoms with Gasteiger partial charge in [-0.25, -0.2) is 9.18 Å². The Hall–Kier alpha value is -3.22. The van der Waals surface area contributed by atoms with Gasteiger partial charge in [-0.2, -0.15) is 0 Å². The van der Waals surface area contributed by atoms with Crippen LogP contribution in [0.3, 0.4) is 0 Å². The fourth-order valence-corrected chi connectivity index (χ4v) is 3.50. The molecule has 2 amide bonds. The number of fused-ring (bicyclic) bond motifs is 1. The Morgan fingerprint density at radius 3 is 2.67 bits per heavy atom. The molecular formula is C20H17FN2O4. The van der Waals surface area contributed by atoms with Gasteiger partial charge in [0.25, 0.3) is 0 Å². The predicted octanol–water partition coefficient (Wildman–Crippen LogP) is 2.30. The molecule has 1 saturated heterocycles. The van der Waals surface area contributed by atoms with Crippen molar-refractivity contribution < 1.29 is 23.5 Å². The molecule has 7 heteroatoms. The van der Waals surface area contributed by atoms with E-state index in [2.05, 4.69) is 5.32 Å². The second kappa shape index (κ2) is 6.83. The Morgan fingerprint density at radius 2 is 1.89 bits per heavy atom. The summed E-state index contributed by atoms with van der Waals surface area (Å²) in [6.07, 6.45) is -0.319. The maximum absolute atomic E-state index is 13.0. The van der Waals surface area contributed by atoms with Gasteiger partial charge in [0.05, 0.1) is 5.56 Å². The number of likely N-dealkylation sites (tertiary alicyclic amines) is 1. The van der Waals surface area contributed by atoms with E-state index in [0.29, 0.717) is 17.5 Å². The molecule has 0 bridgehead atoms. The number of carbonyl (C=O) groups is 3. The first kappa shape index (κ1) is 17.2. The minimum Gasteiger partial charge on any atom is -0.433 e. The highest BCUT2D eigenvalue weighted by atomic mass is 19.1. The van der Waals surface area contributed by atoms with Crippen molar-refractivity contribution in [3.05, 3.63) is 71.0 Å². The summed E-state index contributed by atoms with van der Waals surface area (Å²) in [5.41, 5.74) is 1.75. The van der Waals surface area contributed by atoms with E-state index in [1.807, 2.05) is 0 Å². The third-order valence-electron chi connectivity index (χ3n) is 4.86. The number of cyclic esters (lactones) is 1. The highest BCUT2D eigenvalue weighted by Crippen LogP contribution is 2.38. The number of nitrogens with zero attached hydrogens (tertiary/aromatic N) is 1. The zero-order valence-corrected chi connectivity index (χ0v) is 14.4. The first-order chi connectivity index (χ1) is 13.0. The largest absolute Gasteiger partial charge is 0.433 e. The Bertz CT molecular complexity index is 912. The Kier molecular flexibility index (Phi) is 4.35.